The minimum Gasteiger partial charge on any atom is -0.310 e. The topological polar surface area (TPSA) is 44.8 Å². The smallest absolute Gasteiger partial charge is 0.310 e. The van der Waals surface area contributed by atoms with E-state index in [9.17, 15) is 13.2 Å². The van der Waals surface area contributed by atoms with E-state index in [0.29, 0.717) is 5.69 Å². The van der Waals surface area contributed by atoms with Gasteiger partial charge in [0.1, 0.15) is 11.4 Å². The minimum atomic E-state index is -4.50. The van der Waals surface area contributed by atoms with Crippen LogP contribution in [0.5, 0.6) is 0 Å². The molecule has 0 radical (unpaired) electrons. The molecule has 4 rings (SSSR count). The highest BCUT2D eigenvalue weighted by Gasteiger charge is 2.33. The van der Waals surface area contributed by atoms with Crippen LogP contribution in [0.2, 0.25) is 0 Å². The lowest BCUT2D eigenvalue weighted by molar-refractivity contribution is -0.141. The molecule has 0 aliphatic rings. The van der Waals surface area contributed by atoms with Crippen molar-refractivity contribution < 1.29 is 13.2 Å². The van der Waals surface area contributed by atoms with Gasteiger partial charge in [-0.25, -0.2) is 0 Å². The van der Waals surface area contributed by atoms with Crippen molar-refractivity contribution in [3.63, 3.8) is 0 Å². The molecule has 0 saturated heterocycles. The monoisotopic (exact) mass is 492 g/mol. The first-order valence-corrected chi connectivity index (χ1v) is 11.8. The summed E-state index contributed by atoms with van der Waals surface area (Å²) in [4.78, 5) is 6.36. The Morgan fingerprint density at radius 1 is 0.639 bits per heavy atom. The molecular weight excluding hydrogens is 461 g/mol. The lowest BCUT2D eigenvalue weighted by Gasteiger charge is -2.28. The van der Waals surface area contributed by atoms with E-state index in [1.54, 1.807) is 12.3 Å². The lowest BCUT2D eigenvalue weighted by Crippen LogP contribution is -2.14. The maximum atomic E-state index is 13.1. The van der Waals surface area contributed by atoms with Crippen LogP contribution in [0.3, 0.4) is 0 Å². The van der Waals surface area contributed by atoms with E-state index in [1.165, 1.54) is 11.1 Å². The molecule has 36 heavy (non-hydrogen) atoms. The summed E-state index contributed by atoms with van der Waals surface area (Å²) < 4.78 is 39.3. The quantitative estimate of drug-likeness (QED) is 0.310. The number of rotatable bonds is 4. The zero-order chi connectivity index (χ0) is 26.3. The number of nitrogens with one attached hydrogen (secondary N) is 1. The molecule has 2 aromatic carbocycles. The summed E-state index contributed by atoms with van der Waals surface area (Å²) in [6.07, 6.45) is -2.91. The van der Waals surface area contributed by atoms with Gasteiger partial charge in [0.2, 0.25) is 0 Å². The summed E-state index contributed by atoms with van der Waals surface area (Å²) in [5, 5.41) is 5.92. The molecule has 188 valence electrons. The maximum Gasteiger partial charge on any atom is 0.432 e. The minimum absolute atomic E-state index is 0.0116. The van der Waals surface area contributed by atoms with Crippen LogP contribution in [0.4, 0.5) is 30.2 Å². The largest absolute Gasteiger partial charge is 0.432 e. The number of aromatic nitrogens is 3. The summed E-state index contributed by atoms with van der Waals surface area (Å²) in [6.45, 7) is 13.0. The average Bonchev–Trinajstić information content (AvgIpc) is 3.30. The van der Waals surface area contributed by atoms with Crippen LogP contribution in [-0.2, 0) is 17.0 Å². The summed E-state index contributed by atoms with van der Waals surface area (Å²) in [5.74, 6) is 0. The first kappa shape index (κ1) is 25.5. The first-order valence-electron chi connectivity index (χ1n) is 11.8. The second-order valence-electron chi connectivity index (χ2n) is 11.0. The predicted molar refractivity (Wildman–Crippen MR) is 139 cm³/mol. The summed E-state index contributed by atoms with van der Waals surface area (Å²) in [7, 11) is 0. The average molecular weight is 493 g/mol. The van der Waals surface area contributed by atoms with Crippen LogP contribution < -0.4 is 4.90 Å². The Hall–Kier alpha value is -3.61. The van der Waals surface area contributed by atoms with Gasteiger partial charge in [0.05, 0.1) is 5.69 Å². The number of H-pyrrole nitrogens is 1. The van der Waals surface area contributed by atoms with Crippen LogP contribution in [0, 0.1) is 0 Å². The number of aromatic amines is 1. The summed E-state index contributed by atoms with van der Waals surface area (Å²) in [6, 6.07) is 21.3. The molecule has 2 aromatic heterocycles. The van der Waals surface area contributed by atoms with E-state index in [0.717, 1.165) is 23.1 Å². The molecule has 0 spiro atoms. The fourth-order valence-corrected chi connectivity index (χ4v) is 3.96. The standard InChI is InChI=1S/C29H31F3N4/c1-27(2,3)19-7-11-21(12-8-19)36(22-13-9-20(10-14-22)28(4,5)6)23-15-16-33-24(17-23)25-18-26(35-34-25)29(30,31)32/h7-18H,1-6H3,(H,34,35). The van der Waals surface area contributed by atoms with E-state index in [4.69, 9.17) is 0 Å². The molecule has 4 nitrogen and oxygen atoms in total. The van der Waals surface area contributed by atoms with E-state index in [-0.39, 0.29) is 16.5 Å². The van der Waals surface area contributed by atoms with Gasteiger partial charge in [-0.05, 0) is 64.4 Å². The number of nitrogens with zero attached hydrogens (tertiary/aromatic N) is 3. The second-order valence-corrected chi connectivity index (χ2v) is 11.0. The highest BCUT2D eigenvalue weighted by Crippen LogP contribution is 2.38. The second kappa shape index (κ2) is 9.12. The Morgan fingerprint density at radius 2 is 1.14 bits per heavy atom. The molecule has 7 heteroatoms. The fourth-order valence-electron chi connectivity index (χ4n) is 3.96. The fraction of sp³-hybridized carbons (Fsp3) is 0.310. The number of pyridine rings is 1. The number of alkyl halides is 3. The normalized spacial score (nSPS) is 12.6. The third-order valence-electron chi connectivity index (χ3n) is 6.13. The zero-order valence-corrected chi connectivity index (χ0v) is 21.4. The third kappa shape index (κ3) is 5.45. The molecule has 0 aliphatic carbocycles. The molecular formula is C29H31F3N4. The third-order valence-corrected chi connectivity index (χ3v) is 6.13. The van der Waals surface area contributed by atoms with Crippen LogP contribution >= 0.6 is 0 Å². The molecule has 0 unspecified atom stereocenters. The molecule has 0 aliphatic heterocycles. The Labute approximate surface area is 210 Å². The van der Waals surface area contributed by atoms with Gasteiger partial charge in [0.15, 0.2) is 0 Å². The van der Waals surface area contributed by atoms with Crippen molar-refractivity contribution in [2.45, 2.75) is 58.5 Å². The maximum absolute atomic E-state index is 13.1. The SMILES string of the molecule is CC(C)(C)c1ccc(N(c2ccc(C(C)(C)C)cc2)c2ccnc(-c3cc(C(F)(F)F)[nH]n3)c2)cc1. The van der Waals surface area contributed by atoms with Crippen molar-refractivity contribution in [2.75, 3.05) is 4.90 Å². The Morgan fingerprint density at radius 3 is 1.56 bits per heavy atom. The number of anilines is 3. The van der Waals surface area contributed by atoms with Crippen LogP contribution in [0.1, 0.15) is 58.4 Å². The molecule has 0 bridgehead atoms. The molecule has 0 saturated carbocycles. The zero-order valence-electron chi connectivity index (χ0n) is 21.4. The highest BCUT2D eigenvalue weighted by molar-refractivity contribution is 5.78. The van der Waals surface area contributed by atoms with Gasteiger partial charge >= 0.3 is 6.18 Å². The molecule has 0 atom stereocenters. The van der Waals surface area contributed by atoms with Crippen molar-refractivity contribution in [3.05, 3.63) is 89.7 Å². The molecule has 2 heterocycles. The van der Waals surface area contributed by atoms with Crippen molar-refractivity contribution >= 4 is 17.1 Å². The number of benzene rings is 2. The van der Waals surface area contributed by atoms with Crippen molar-refractivity contribution in [1.29, 1.82) is 0 Å². The number of hydrogen-bond donors (Lipinski definition) is 1. The highest BCUT2D eigenvalue weighted by atomic mass is 19.4. The molecule has 0 fully saturated rings. The Balaban J connectivity index is 1.80. The summed E-state index contributed by atoms with van der Waals surface area (Å²) >= 11 is 0. The van der Waals surface area contributed by atoms with Gasteiger partial charge in [0.25, 0.3) is 0 Å². The van der Waals surface area contributed by atoms with Crippen LogP contribution in [0.25, 0.3) is 11.4 Å². The van der Waals surface area contributed by atoms with Gasteiger partial charge in [-0.1, -0.05) is 65.8 Å². The van der Waals surface area contributed by atoms with E-state index in [1.807, 2.05) is 6.07 Å². The Kier molecular flexibility index (Phi) is 6.45. The van der Waals surface area contributed by atoms with Gasteiger partial charge in [-0.2, -0.15) is 18.3 Å². The molecule has 0 amide bonds. The van der Waals surface area contributed by atoms with Gasteiger partial charge in [-0.3, -0.25) is 10.1 Å². The van der Waals surface area contributed by atoms with Gasteiger partial charge in [-0.15, -0.1) is 0 Å². The van der Waals surface area contributed by atoms with Crippen LogP contribution in [-0.4, -0.2) is 15.2 Å². The Bertz CT molecular complexity index is 1270. The first-order chi connectivity index (χ1) is 16.7. The van der Waals surface area contributed by atoms with E-state index >= 15 is 0 Å². The van der Waals surface area contributed by atoms with E-state index in [2.05, 4.69) is 110 Å². The van der Waals surface area contributed by atoms with Crippen molar-refractivity contribution in [1.82, 2.24) is 15.2 Å². The molecule has 4 aromatic rings. The van der Waals surface area contributed by atoms with Crippen LogP contribution in [0.15, 0.2) is 72.9 Å². The van der Waals surface area contributed by atoms with Gasteiger partial charge < -0.3 is 4.90 Å². The predicted octanol–water partition coefficient (Wildman–Crippen LogP) is 8.56. The number of hydrogen-bond acceptors (Lipinski definition) is 3. The van der Waals surface area contributed by atoms with Gasteiger partial charge in [0, 0.05) is 23.3 Å². The summed E-state index contributed by atoms with van der Waals surface area (Å²) in [5.41, 5.74) is 4.65. The number of halogens is 3. The van der Waals surface area contributed by atoms with Crippen molar-refractivity contribution in [2.24, 2.45) is 0 Å². The lowest BCUT2D eigenvalue weighted by atomic mass is 9.86. The molecule has 1 N–H and O–H groups in total. The van der Waals surface area contributed by atoms with Crippen molar-refractivity contribution in [3.8, 4) is 11.4 Å². The van der Waals surface area contributed by atoms with E-state index < -0.39 is 11.9 Å².